The maximum atomic E-state index is 12.0. The molecule has 0 heterocycles. The molecule has 0 aliphatic rings. The van der Waals surface area contributed by atoms with Crippen LogP contribution in [0.5, 0.6) is 5.75 Å². The molecule has 0 atom stereocenters. The Morgan fingerprint density at radius 3 is 2.26 bits per heavy atom. The van der Waals surface area contributed by atoms with Gasteiger partial charge in [-0.2, -0.15) is 0 Å². The molecule has 6 heteroatoms. The normalized spacial score (nSPS) is 10.7. The number of halogens is 2. The zero-order valence-corrected chi connectivity index (χ0v) is 19.1. The van der Waals surface area contributed by atoms with Crippen molar-refractivity contribution >= 4 is 40.5 Å². The summed E-state index contributed by atoms with van der Waals surface area (Å²) in [6.07, 6.45) is 0.509. The van der Waals surface area contributed by atoms with Crippen LogP contribution in [-0.2, 0) is 17.9 Å². The highest BCUT2D eigenvalue weighted by molar-refractivity contribution is 6.35. The molecule has 0 aliphatic carbocycles. The first-order valence-electron chi connectivity index (χ1n) is 10.2. The number of amides is 1. The average molecular weight is 457 g/mol. The Balaban J connectivity index is 1.52. The summed E-state index contributed by atoms with van der Waals surface area (Å²) in [5.74, 6) is 1.10. The van der Waals surface area contributed by atoms with Crippen molar-refractivity contribution in [3.8, 4) is 5.75 Å². The predicted molar refractivity (Wildman–Crippen MR) is 129 cm³/mol. The first-order valence-corrected chi connectivity index (χ1v) is 10.9. The Morgan fingerprint density at radius 1 is 0.935 bits per heavy atom. The lowest BCUT2D eigenvalue weighted by molar-refractivity contribution is -0.116. The van der Waals surface area contributed by atoms with Crippen LogP contribution < -0.4 is 15.4 Å². The smallest absolute Gasteiger partial charge is 0.224 e. The van der Waals surface area contributed by atoms with Crippen LogP contribution in [0.4, 0.5) is 11.4 Å². The van der Waals surface area contributed by atoms with E-state index in [0.29, 0.717) is 35.5 Å². The van der Waals surface area contributed by atoms with E-state index in [4.69, 9.17) is 27.9 Å². The summed E-state index contributed by atoms with van der Waals surface area (Å²) in [7, 11) is 0. The van der Waals surface area contributed by atoms with Crippen molar-refractivity contribution in [2.24, 2.45) is 5.92 Å². The van der Waals surface area contributed by atoms with Crippen LogP contribution in [0.15, 0.2) is 66.7 Å². The second-order valence-corrected chi connectivity index (χ2v) is 8.53. The van der Waals surface area contributed by atoms with E-state index in [1.807, 2.05) is 68.4 Å². The minimum atomic E-state index is 0.0285. The van der Waals surface area contributed by atoms with E-state index in [2.05, 4.69) is 10.6 Å². The molecule has 3 aromatic carbocycles. The number of nitrogens with one attached hydrogen (secondary N) is 2. The third-order valence-electron chi connectivity index (χ3n) is 4.60. The molecule has 1 amide bonds. The number of anilines is 2. The highest BCUT2D eigenvalue weighted by atomic mass is 35.5. The average Bonchev–Trinajstić information content (AvgIpc) is 2.72. The fourth-order valence-corrected chi connectivity index (χ4v) is 3.53. The first-order chi connectivity index (χ1) is 14.9. The van der Waals surface area contributed by atoms with Gasteiger partial charge in [0, 0.05) is 39.9 Å². The van der Waals surface area contributed by atoms with E-state index in [0.717, 1.165) is 28.3 Å². The maximum Gasteiger partial charge on any atom is 0.224 e. The molecule has 0 spiro atoms. The highest BCUT2D eigenvalue weighted by Crippen LogP contribution is 2.26. The third kappa shape index (κ3) is 7.20. The number of carbonyl (C=O) groups excluding carboxylic acids is 1. The van der Waals surface area contributed by atoms with Crippen LogP contribution in [-0.4, -0.2) is 5.91 Å². The van der Waals surface area contributed by atoms with E-state index in [1.165, 1.54) is 0 Å². The number of benzene rings is 3. The van der Waals surface area contributed by atoms with Gasteiger partial charge in [0.2, 0.25) is 5.91 Å². The molecule has 2 N–H and O–H groups in total. The van der Waals surface area contributed by atoms with Gasteiger partial charge in [-0.25, -0.2) is 0 Å². The topological polar surface area (TPSA) is 50.4 Å². The minimum Gasteiger partial charge on any atom is -0.489 e. The first kappa shape index (κ1) is 23.0. The predicted octanol–water partition coefficient (Wildman–Crippen LogP) is 7.17. The molecule has 0 fully saturated rings. The van der Waals surface area contributed by atoms with E-state index in [1.54, 1.807) is 12.1 Å². The summed E-state index contributed by atoms with van der Waals surface area (Å²) in [6, 6.07) is 21.0. The Hall–Kier alpha value is -2.69. The molecule has 4 nitrogen and oxygen atoms in total. The number of carbonyl (C=O) groups is 1. The van der Waals surface area contributed by atoms with Crippen molar-refractivity contribution in [3.05, 3.63) is 87.9 Å². The second kappa shape index (κ2) is 11.1. The van der Waals surface area contributed by atoms with Gasteiger partial charge in [0.1, 0.15) is 12.4 Å². The standard InChI is InChI=1S/C25H26Cl2N2O2/c1-17(2)13-25(30)29-20-6-3-5-19(14-20)28-15-18-9-11-21(12-10-18)31-16-22-23(26)7-4-8-24(22)27/h3-12,14,17,28H,13,15-16H2,1-2H3,(H,29,30). The molecule has 162 valence electrons. The van der Waals surface area contributed by atoms with Gasteiger partial charge in [0.25, 0.3) is 0 Å². The Kier molecular flexibility index (Phi) is 8.21. The zero-order chi connectivity index (χ0) is 22.2. The summed E-state index contributed by atoms with van der Waals surface area (Å²) in [6.45, 7) is 5.02. The van der Waals surface area contributed by atoms with Gasteiger partial charge in [-0.1, -0.05) is 61.3 Å². The van der Waals surface area contributed by atoms with Gasteiger partial charge in [0.15, 0.2) is 0 Å². The largest absolute Gasteiger partial charge is 0.489 e. The summed E-state index contributed by atoms with van der Waals surface area (Å²) in [5, 5.41) is 7.51. The van der Waals surface area contributed by atoms with E-state index < -0.39 is 0 Å². The molecule has 31 heavy (non-hydrogen) atoms. The summed E-state index contributed by atoms with van der Waals surface area (Å²) >= 11 is 12.4. The van der Waals surface area contributed by atoms with Crippen molar-refractivity contribution in [1.29, 1.82) is 0 Å². The molecule has 0 saturated carbocycles. The van der Waals surface area contributed by atoms with Crippen molar-refractivity contribution in [2.75, 3.05) is 10.6 Å². The quantitative estimate of drug-likeness (QED) is 0.358. The van der Waals surface area contributed by atoms with E-state index in [9.17, 15) is 4.79 Å². The van der Waals surface area contributed by atoms with Crippen molar-refractivity contribution in [2.45, 2.75) is 33.4 Å². The molecule has 3 aromatic rings. The zero-order valence-electron chi connectivity index (χ0n) is 17.6. The molecule has 0 bridgehead atoms. The SMILES string of the molecule is CC(C)CC(=O)Nc1cccc(NCc2ccc(OCc3c(Cl)cccc3Cl)cc2)c1. The van der Waals surface area contributed by atoms with Crippen LogP contribution in [0.25, 0.3) is 0 Å². The van der Waals surface area contributed by atoms with Crippen LogP contribution in [0.2, 0.25) is 10.0 Å². The number of rotatable bonds is 9. The lowest BCUT2D eigenvalue weighted by Crippen LogP contribution is -2.13. The van der Waals surface area contributed by atoms with Gasteiger partial charge in [-0.15, -0.1) is 0 Å². The van der Waals surface area contributed by atoms with Crippen molar-refractivity contribution in [1.82, 2.24) is 0 Å². The molecule has 0 unspecified atom stereocenters. The minimum absolute atomic E-state index is 0.0285. The van der Waals surface area contributed by atoms with E-state index >= 15 is 0 Å². The maximum absolute atomic E-state index is 12.0. The summed E-state index contributed by atoms with van der Waals surface area (Å²) in [4.78, 5) is 12.0. The van der Waals surface area contributed by atoms with Crippen molar-refractivity contribution in [3.63, 3.8) is 0 Å². The number of hydrogen-bond acceptors (Lipinski definition) is 3. The fraction of sp³-hybridized carbons (Fsp3) is 0.240. The number of ether oxygens (including phenoxy) is 1. The molecule has 0 aromatic heterocycles. The molecular weight excluding hydrogens is 431 g/mol. The Labute approximate surface area is 193 Å². The monoisotopic (exact) mass is 456 g/mol. The molecule has 3 rings (SSSR count). The van der Waals surface area contributed by atoms with Gasteiger partial charge in [-0.3, -0.25) is 4.79 Å². The molecular formula is C25H26Cl2N2O2. The van der Waals surface area contributed by atoms with Gasteiger partial charge >= 0.3 is 0 Å². The van der Waals surface area contributed by atoms with Gasteiger partial charge in [0.05, 0.1) is 0 Å². The lowest BCUT2D eigenvalue weighted by Gasteiger charge is -2.12. The van der Waals surface area contributed by atoms with Crippen LogP contribution in [0.3, 0.4) is 0 Å². The molecule has 0 aliphatic heterocycles. The van der Waals surface area contributed by atoms with Gasteiger partial charge in [-0.05, 0) is 53.9 Å². The molecule has 0 saturated heterocycles. The Bertz CT molecular complexity index is 1000. The van der Waals surface area contributed by atoms with Crippen LogP contribution in [0, 0.1) is 5.92 Å². The van der Waals surface area contributed by atoms with Gasteiger partial charge < -0.3 is 15.4 Å². The fourth-order valence-electron chi connectivity index (χ4n) is 3.02. The Morgan fingerprint density at radius 2 is 1.58 bits per heavy atom. The third-order valence-corrected chi connectivity index (χ3v) is 5.31. The highest BCUT2D eigenvalue weighted by Gasteiger charge is 2.07. The second-order valence-electron chi connectivity index (χ2n) is 7.71. The van der Waals surface area contributed by atoms with Crippen LogP contribution >= 0.6 is 23.2 Å². The number of hydrogen-bond donors (Lipinski definition) is 2. The molecule has 0 radical (unpaired) electrons. The summed E-state index contributed by atoms with van der Waals surface area (Å²) < 4.78 is 5.82. The lowest BCUT2D eigenvalue weighted by atomic mass is 10.1. The van der Waals surface area contributed by atoms with Crippen molar-refractivity contribution < 1.29 is 9.53 Å². The van der Waals surface area contributed by atoms with E-state index in [-0.39, 0.29) is 5.91 Å². The summed E-state index contributed by atoms with van der Waals surface area (Å²) in [5.41, 5.74) is 3.61. The van der Waals surface area contributed by atoms with Crippen LogP contribution in [0.1, 0.15) is 31.4 Å².